The third-order valence-corrected chi connectivity index (χ3v) is 4.47. The summed E-state index contributed by atoms with van der Waals surface area (Å²) in [5, 5.41) is 0.772. The number of fused-ring (bicyclic) bond motifs is 1. The molecule has 21 heavy (non-hydrogen) atoms. The van der Waals surface area contributed by atoms with E-state index >= 15 is 0 Å². The molecule has 2 nitrogen and oxygen atoms in total. The van der Waals surface area contributed by atoms with E-state index in [1.54, 1.807) is 0 Å². The van der Waals surface area contributed by atoms with Crippen LogP contribution in [0.25, 0.3) is 0 Å². The lowest BCUT2D eigenvalue weighted by molar-refractivity contribution is 0.352. The summed E-state index contributed by atoms with van der Waals surface area (Å²) in [6.45, 7) is 2.91. The molecular formula is C18H20ClNO. The second kappa shape index (κ2) is 6.08. The summed E-state index contributed by atoms with van der Waals surface area (Å²) in [6.07, 6.45) is 1.71. The van der Waals surface area contributed by atoms with Gasteiger partial charge in [-0.2, -0.15) is 0 Å². The van der Waals surface area contributed by atoms with E-state index in [9.17, 15) is 0 Å². The van der Waals surface area contributed by atoms with Crippen LogP contribution in [0.5, 0.6) is 5.75 Å². The molecule has 0 amide bonds. The van der Waals surface area contributed by atoms with Crippen LogP contribution in [0.1, 0.15) is 29.5 Å². The van der Waals surface area contributed by atoms with Crippen molar-refractivity contribution in [3.63, 3.8) is 0 Å². The molecule has 1 heterocycles. The lowest BCUT2D eigenvalue weighted by Crippen LogP contribution is -2.29. The van der Waals surface area contributed by atoms with Crippen LogP contribution in [0.3, 0.4) is 0 Å². The molecule has 0 aromatic heterocycles. The first-order chi connectivity index (χ1) is 10.1. The first-order valence-electron chi connectivity index (χ1n) is 7.40. The number of hydrogen-bond acceptors (Lipinski definition) is 2. The van der Waals surface area contributed by atoms with Crippen molar-refractivity contribution in [2.45, 2.75) is 31.7 Å². The van der Waals surface area contributed by atoms with Gasteiger partial charge in [0.15, 0.2) is 0 Å². The van der Waals surface area contributed by atoms with Crippen molar-refractivity contribution in [2.24, 2.45) is 5.73 Å². The van der Waals surface area contributed by atoms with Crippen molar-refractivity contribution in [3.05, 3.63) is 64.2 Å². The quantitative estimate of drug-likeness (QED) is 0.928. The van der Waals surface area contributed by atoms with Crippen LogP contribution in [0.15, 0.2) is 42.5 Å². The fourth-order valence-electron chi connectivity index (χ4n) is 2.93. The molecule has 0 saturated heterocycles. The van der Waals surface area contributed by atoms with Gasteiger partial charge in [0, 0.05) is 17.5 Å². The molecule has 0 aliphatic carbocycles. The van der Waals surface area contributed by atoms with Crippen LogP contribution >= 0.6 is 11.6 Å². The smallest absolute Gasteiger partial charge is 0.125 e. The van der Waals surface area contributed by atoms with Crippen LogP contribution in [0.4, 0.5) is 0 Å². The molecule has 0 spiro atoms. The molecule has 2 aromatic rings. The largest absolute Gasteiger partial charge is 0.493 e. The number of halogens is 1. The van der Waals surface area contributed by atoms with E-state index in [-0.39, 0.29) is 6.04 Å². The van der Waals surface area contributed by atoms with E-state index in [1.807, 2.05) is 18.2 Å². The Morgan fingerprint density at radius 1 is 1.24 bits per heavy atom. The van der Waals surface area contributed by atoms with Crippen LogP contribution in [-0.2, 0) is 12.8 Å². The van der Waals surface area contributed by atoms with Gasteiger partial charge in [0.2, 0.25) is 0 Å². The molecule has 1 aliphatic rings. The maximum Gasteiger partial charge on any atom is 0.125 e. The molecule has 110 valence electrons. The molecule has 0 bridgehead atoms. The molecule has 2 aromatic carbocycles. The van der Waals surface area contributed by atoms with Crippen LogP contribution in [0.2, 0.25) is 5.02 Å². The molecule has 2 unspecified atom stereocenters. The van der Waals surface area contributed by atoms with Crippen molar-refractivity contribution in [3.8, 4) is 5.75 Å². The highest BCUT2D eigenvalue weighted by atomic mass is 35.5. The van der Waals surface area contributed by atoms with Gasteiger partial charge in [-0.15, -0.1) is 0 Å². The van der Waals surface area contributed by atoms with E-state index in [2.05, 4.69) is 31.2 Å². The topological polar surface area (TPSA) is 35.2 Å². The van der Waals surface area contributed by atoms with Gasteiger partial charge in [0.1, 0.15) is 5.75 Å². The maximum atomic E-state index is 6.43. The lowest BCUT2D eigenvalue weighted by Gasteiger charge is -2.21. The van der Waals surface area contributed by atoms with Crippen molar-refractivity contribution < 1.29 is 4.74 Å². The minimum absolute atomic E-state index is 0.0409. The Bertz CT molecular complexity index is 627. The SMILES string of the molecule is CC(c1ccccc1)C(N)Cc1cc(Cl)cc2c1OCC2. The summed E-state index contributed by atoms with van der Waals surface area (Å²) in [7, 11) is 0. The molecule has 0 radical (unpaired) electrons. The number of ether oxygens (including phenoxy) is 1. The second-order valence-corrected chi connectivity index (χ2v) is 6.16. The minimum Gasteiger partial charge on any atom is -0.493 e. The van der Waals surface area contributed by atoms with E-state index < -0.39 is 0 Å². The number of benzene rings is 2. The lowest BCUT2D eigenvalue weighted by atomic mass is 9.89. The summed E-state index contributed by atoms with van der Waals surface area (Å²) in [5.41, 5.74) is 10.0. The van der Waals surface area contributed by atoms with Gasteiger partial charge in [-0.05, 0) is 41.2 Å². The fraction of sp³-hybridized carbons (Fsp3) is 0.333. The van der Waals surface area contributed by atoms with Gasteiger partial charge in [-0.1, -0.05) is 48.9 Å². The first kappa shape index (κ1) is 14.4. The van der Waals surface area contributed by atoms with Crippen LogP contribution in [-0.4, -0.2) is 12.6 Å². The first-order valence-corrected chi connectivity index (χ1v) is 7.77. The number of rotatable bonds is 4. The summed E-state index contributed by atoms with van der Waals surface area (Å²) < 4.78 is 5.76. The third-order valence-electron chi connectivity index (χ3n) is 4.25. The summed E-state index contributed by atoms with van der Waals surface area (Å²) in [4.78, 5) is 0. The summed E-state index contributed by atoms with van der Waals surface area (Å²) >= 11 is 6.21. The molecule has 3 rings (SSSR count). The average molecular weight is 302 g/mol. The van der Waals surface area contributed by atoms with Gasteiger partial charge in [-0.25, -0.2) is 0 Å². The Morgan fingerprint density at radius 3 is 2.76 bits per heavy atom. The zero-order valence-electron chi connectivity index (χ0n) is 12.2. The highest BCUT2D eigenvalue weighted by Gasteiger charge is 2.22. The van der Waals surface area contributed by atoms with Gasteiger partial charge in [0.25, 0.3) is 0 Å². The molecule has 0 fully saturated rings. The fourth-order valence-corrected chi connectivity index (χ4v) is 3.20. The van der Waals surface area contributed by atoms with Gasteiger partial charge >= 0.3 is 0 Å². The standard InChI is InChI=1S/C18H20ClNO/c1-12(13-5-3-2-4-6-13)17(20)11-15-10-16(19)9-14-7-8-21-18(14)15/h2-6,9-10,12,17H,7-8,11,20H2,1H3. The number of hydrogen-bond donors (Lipinski definition) is 1. The van der Waals surface area contributed by atoms with Gasteiger partial charge in [0.05, 0.1) is 6.61 Å². The average Bonchev–Trinajstić information content (AvgIpc) is 2.95. The number of nitrogens with two attached hydrogens (primary N) is 1. The van der Waals surface area contributed by atoms with E-state index in [1.165, 1.54) is 11.1 Å². The molecule has 0 saturated carbocycles. The predicted molar refractivity (Wildman–Crippen MR) is 87.2 cm³/mol. The third kappa shape index (κ3) is 3.07. The molecule has 3 heteroatoms. The molecule has 2 N–H and O–H groups in total. The van der Waals surface area contributed by atoms with Gasteiger partial charge in [-0.3, -0.25) is 0 Å². The molecule has 1 aliphatic heterocycles. The molecule has 2 atom stereocenters. The Balaban J connectivity index is 1.81. The molecular weight excluding hydrogens is 282 g/mol. The van der Waals surface area contributed by atoms with E-state index in [4.69, 9.17) is 22.1 Å². The van der Waals surface area contributed by atoms with Crippen LogP contribution in [0, 0.1) is 0 Å². The summed E-state index contributed by atoms with van der Waals surface area (Å²) in [6, 6.07) is 14.4. The van der Waals surface area contributed by atoms with Gasteiger partial charge < -0.3 is 10.5 Å². The van der Waals surface area contributed by atoms with E-state index in [0.29, 0.717) is 5.92 Å². The Hall–Kier alpha value is -1.51. The Labute approximate surface area is 130 Å². The normalized spacial score (nSPS) is 16.1. The van der Waals surface area contributed by atoms with Crippen molar-refractivity contribution in [2.75, 3.05) is 6.61 Å². The zero-order chi connectivity index (χ0) is 14.8. The highest BCUT2D eigenvalue weighted by molar-refractivity contribution is 6.30. The van der Waals surface area contributed by atoms with Crippen molar-refractivity contribution in [1.29, 1.82) is 0 Å². The van der Waals surface area contributed by atoms with Crippen molar-refractivity contribution >= 4 is 11.6 Å². The zero-order valence-corrected chi connectivity index (χ0v) is 12.9. The summed E-state index contributed by atoms with van der Waals surface area (Å²) in [5.74, 6) is 1.29. The Morgan fingerprint density at radius 2 is 2.00 bits per heavy atom. The van der Waals surface area contributed by atoms with E-state index in [0.717, 1.165) is 35.8 Å². The maximum absolute atomic E-state index is 6.43. The van der Waals surface area contributed by atoms with Crippen molar-refractivity contribution in [1.82, 2.24) is 0 Å². The predicted octanol–water partition coefficient (Wildman–Crippen LogP) is 3.95. The monoisotopic (exact) mass is 301 g/mol. The van der Waals surface area contributed by atoms with Crippen LogP contribution < -0.4 is 10.5 Å². The second-order valence-electron chi connectivity index (χ2n) is 5.72. The Kier molecular flexibility index (Phi) is 4.18. The minimum atomic E-state index is 0.0409. The highest BCUT2D eigenvalue weighted by Crippen LogP contribution is 2.34.